The highest BCUT2D eigenvalue weighted by Gasteiger charge is 2.45. The third-order valence-electron chi connectivity index (χ3n) is 4.75. The largest absolute Gasteiger partial charge is 0.313 e. The summed E-state index contributed by atoms with van der Waals surface area (Å²) in [6.07, 6.45) is 8.32. The lowest BCUT2D eigenvalue weighted by Crippen LogP contribution is -2.49. The number of benzene rings is 1. The Morgan fingerprint density at radius 3 is 2.50 bits per heavy atom. The Kier molecular flexibility index (Phi) is 3.43. The Hall–Kier alpha value is -0.820. The van der Waals surface area contributed by atoms with E-state index in [1.165, 1.54) is 45.1 Å². The summed E-state index contributed by atoms with van der Waals surface area (Å²) in [6.45, 7) is 3.51. The first-order valence-corrected chi connectivity index (χ1v) is 7.61. The van der Waals surface area contributed by atoms with E-state index in [2.05, 4.69) is 42.6 Å². The molecule has 1 N–H and O–H groups in total. The van der Waals surface area contributed by atoms with Crippen LogP contribution in [-0.2, 0) is 5.41 Å². The molecule has 1 nitrogen and oxygen atoms in total. The fourth-order valence-corrected chi connectivity index (χ4v) is 3.56. The van der Waals surface area contributed by atoms with Crippen LogP contribution in [0.25, 0.3) is 0 Å². The van der Waals surface area contributed by atoms with E-state index >= 15 is 0 Å². The van der Waals surface area contributed by atoms with Crippen LogP contribution in [0.5, 0.6) is 0 Å². The van der Waals surface area contributed by atoms with Gasteiger partial charge in [-0.1, -0.05) is 50.1 Å². The molecule has 0 spiro atoms. The SMILES string of the molecule is CCCC1CC(CNC2CC2)(c2ccccc2)C1. The lowest BCUT2D eigenvalue weighted by atomic mass is 9.57. The van der Waals surface area contributed by atoms with Gasteiger partial charge in [0.05, 0.1) is 0 Å². The van der Waals surface area contributed by atoms with Crippen molar-refractivity contribution < 1.29 is 0 Å². The summed E-state index contributed by atoms with van der Waals surface area (Å²) in [5.41, 5.74) is 2.01. The van der Waals surface area contributed by atoms with Crippen molar-refractivity contribution in [1.82, 2.24) is 5.32 Å². The summed E-state index contributed by atoms with van der Waals surface area (Å²) in [7, 11) is 0. The molecule has 0 saturated heterocycles. The topological polar surface area (TPSA) is 12.0 Å². The minimum absolute atomic E-state index is 0.448. The molecule has 1 aromatic rings. The van der Waals surface area contributed by atoms with Gasteiger partial charge in [0, 0.05) is 18.0 Å². The highest BCUT2D eigenvalue weighted by Crippen LogP contribution is 2.49. The average Bonchev–Trinajstić information content (AvgIpc) is 3.17. The Balaban J connectivity index is 1.68. The van der Waals surface area contributed by atoms with Gasteiger partial charge in [-0.2, -0.15) is 0 Å². The van der Waals surface area contributed by atoms with Crippen LogP contribution in [0.15, 0.2) is 30.3 Å². The van der Waals surface area contributed by atoms with Crippen molar-refractivity contribution in [3.05, 3.63) is 35.9 Å². The van der Waals surface area contributed by atoms with Crippen molar-refractivity contribution in [3.63, 3.8) is 0 Å². The molecular weight excluding hydrogens is 218 g/mol. The van der Waals surface area contributed by atoms with Crippen molar-refractivity contribution in [2.24, 2.45) is 5.92 Å². The standard InChI is InChI=1S/C17H25N/c1-2-6-14-11-17(12-14,13-18-16-9-10-16)15-7-4-3-5-8-15/h3-5,7-8,14,16,18H,2,6,9-13H2,1H3. The third kappa shape index (κ3) is 2.47. The fourth-order valence-electron chi connectivity index (χ4n) is 3.56. The maximum absolute atomic E-state index is 3.76. The zero-order valence-corrected chi connectivity index (χ0v) is 11.5. The quantitative estimate of drug-likeness (QED) is 0.799. The highest BCUT2D eigenvalue weighted by atomic mass is 15.0. The van der Waals surface area contributed by atoms with Crippen LogP contribution in [0.1, 0.15) is 51.0 Å². The van der Waals surface area contributed by atoms with Crippen LogP contribution < -0.4 is 5.32 Å². The predicted molar refractivity (Wildman–Crippen MR) is 76.8 cm³/mol. The van der Waals surface area contributed by atoms with E-state index in [9.17, 15) is 0 Å². The first-order chi connectivity index (χ1) is 8.82. The Labute approximate surface area is 111 Å². The molecule has 0 amide bonds. The molecule has 0 radical (unpaired) electrons. The Morgan fingerprint density at radius 1 is 1.17 bits per heavy atom. The minimum Gasteiger partial charge on any atom is -0.313 e. The van der Waals surface area contributed by atoms with Crippen LogP contribution in [0.3, 0.4) is 0 Å². The summed E-state index contributed by atoms with van der Waals surface area (Å²) in [6, 6.07) is 12.0. The van der Waals surface area contributed by atoms with Crippen molar-refractivity contribution >= 4 is 0 Å². The molecule has 1 aromatic carbocycles. The van der Waals surface area contributed by atoms with E-state index in [1.54, 1.807) is 5.56 Å². The zero-order valence-electron chi connectivity index (χ0n) is 11.5. The van der Waals surface area contributed by atoms with E-state index in [1.807, 2.05) is 0 Å². The second-order valence-corrected chi connectivity index (χ2v) is 6.36. The Morgan fingerprint density at radius 2 is 1.89 bits per heavy atom. The van der Waals surface area contributed by atoms with Crippen molar-refractivity contribution in [2.45, 2.75) is 56.9 Å². The van der Waals surface area contributed by atoms with E-state index in [-0.39, 0.29) is 0 Å². The average molecular weight is 243 g/mol. The summed E-state index contributed by atoms with van der Waals surface area (Å²) in [5, 5.41) is 3.76. The van der Waals surface area contributed by atoms with Crippen LogP contribution in [-0.4, -0.2) is 12.6 Å². The second kappa shape index (κ2) is 5.05. The molecule has 2 saturated carbocycles. The lowest BCUT2D eigenvalue weighted by Gasteiger charge is -2.49. The molecule has 2 aliphatic carbocycles. The summed E-state index contributed by atoms with van der Waals surface area (Å²) in [4.78, 5) is 0. The molecule has 0 aliphatic heterocycles. The second-order valence-electron chi connectivity index (χ2n) is 6.36. The maximum Gasteiger partial charge on any atom is 0.00831 e. The van der Waals surface area contributed by atoms with Crippen LogP contribution >= 0.6 is 0 Å². The van der Waals surface area contributed by atoms with Crippen molar-refractivity contribution in [1.29, 1.82) is 0 Å². The lowest BCUT2D eigenvalue weighted by molar-refractivity contribution is 0.128. The number of hydrogen-bond donors (Lipinski definition) is 1. The van der Waals surface area contributed by atoms with Gasteiger partial charge < -0.3 is 5.32 Å². The molecule has 1 heteroatoms. The zero-order chi connectivity index (χ0) is 12.4. The van der Waals surface area contributed by atoms with E-state index < -0.39 is 0 Å². The van der Waals surface area contributed by atoms with Crippen molar-refractivity contribution in [3.8, 4) is 0 Å². The van der Waals surface area contributed by atoms with Gasteiger partial charge in [0.1, 0.15) is 0 Å². The molecule has 0 heterocycles. The fraction of sp³-hybridized carbons (Fsp3) is 0.647. The smallest absolute Gasteiger partial charge is 0.00831 e. The monoisotopic (exact) mass is 243 g/mol. The predicted octanol–water partition coefficient (Wildman–Crippen LogP) is 3.89. The van der Waals surface area contributed by atoms with E-state index in [4.69, 9.17) is 0 Å². The van der Waals surface area contributed by atoms with Gasteiger partial charge in [-0.25, -0.2) is 0 Å². The number of nitrogens with one attached hydrogen (secondary N) is 1. The summed E-state index contributed by atoms with van der Waals surface area (Å²) in [5.74, 6) is 0.969. The summed E-state index contributed by atoms with van der Waals surface area (Å²) >= 11 is 0. The van der Waals surface area contributed by atoms with Crippen molar-refractivity contribution in [2.75, 3.05) is 6.54 Å². The van der Waals surface area contributed by atoms with E-state index in [0.717, 1.165) is 12.0 Å². The van der Waals surface area contributed by atoms with Gasteiger partial charge in [-0.05, 0) is 37.2 Å². The Bertz CT molecular complexity index is 374. The van der Waals surface area contributed by atoms with Crippen LogP contribution in [0.4, 0.5) is 0 Å². The van der Waals surface area contributed by atoms with Crippen LogP contribution in [0, 0.1) is 5.92 Å². The summed E-state index contributed by atoms with van der Waals surface area (Å²) < 4.78 is 0. The molecule has 2 aliphatic rings. The van der Waals surface area contributed by atoms with E-state index in [0.29, 0.717) is 5.41 Å². The molecular formula is C17H25N. The third-order valence-corrected chi connectivity index (χ3v) is 4.75. The molecule has 3 rings (SSSR count). The molecule has 0 bridgehead atoms. The first-order valence-electron chi connectivity index (χ1n) is 7.61. The molecule has 0 unspecified atom stereocenters. The van der Waals surface area contributed by atoms with Gasteiger partial charge in [0.2, 0.25) is 0 Å². The van der Waals surface area contributed by atoms with Gasteiger partial charge in [-0.3, -0.25) is 0 Å². The number of hydrogen-bond acceptors (Lipinski definition) is 1. The molecule has 18 heavy (non-hydrogen) atoms. The van der Waals surface area contributed by atoms with Gasteiger partial charge >= 0.3 is 0 Å². The molecule has 98 valence electrons. The number of rotatable bonds is 6. The first kappa shape index (κ1) is 12.2. The minimum atomic E-state index is 0.448. The molecule has 0 aromatic heterocycles. The normalized spacial score (nSPS) is 31.1. The molecule has 0 atom stereocenters. The maximum atomic E-state index is 3.76. The van der Waals surface area contributed by atoms with Gasteiger partial charge in [0.25, 0.3) is 0 Å². The van der Waals surface area contributed by atoms with Gasteiger partial charge in [-0.15, -0.1) is 0 Å². The van der Waals surface area contributed by atoms with Crippen LogP contribution in [0.2, 0.25) is 0 Å². The van der Waals surface area contributed by atoms with Gasteiger partial charge in [0.15, 0.2) is 0 Å². The molecule has 2 fully saturated rings. The highest BCUT2D eigenvalue weighted by molar-refractivity contribution is 5.29.